The molecule has 0 saturated carbocycles. The predicted molar refractivity (Wildman–Crippen MR) is 88.2 cm³/mol. The SMILES string of the molecule is Cc1cc(CN2Cc3ccccc3OC(C)C2)cc(C)c1O. The first-order chi connectivity index (χ1) is 10.5. The maximum Gasteiger partial charge on any atom is 0.124 e. The highest BCUT2D eigenvalue weighted by Gasteiger charge is 2.20. The first-order valence-electron chi connectivity index (χ1n) is 7.79. The summed E-state index contributed by atoms with van der Waals surface area (Å²) in [5.41, 5.74) is 4.35. The molecule has 0 radical (unpaired) electrons. The lowest BCUT2D eigenvalue weighted by Gasteiger charge is -2.22. The summed E-state index contributed by atoms with van der Waals surface area (Å²) in [4.78, 5) is 2.40. The van der Waals surface area contributed by atoms with Gasteiger partial charge in [-0.25, -0.2) is 0 Å². The van der Waals surface area contributed by atoms with Gasteiger partial charge in [-0.15, -0.1) is 0 Å². The second-order valence-corrected chi connectivity index (χ2v) is 6.28. The molecule has 3 rings (SSSR count). The maximum atomic E-state index is 9.92. The molecular formula is C19H23NO2. The largest absolute Gasteiger partial charge is 0.507 e. The van der Waals surface area contributed by atoms with Crippen LogP contribution in [-0.4, -0.2) is 22.7 Å². The van der Waals surface area contributed by atoms with Gasteiger partial charge in [0.05, 0.1) is 0 Å². The summed E-state index contributed by atoms with van der Waals surface area (Å²) >= 11 is 0. The van der Waals surface area contributed by atoms with Crippen molar-refractivity contribution in [2.75, 3.05) is 6.54 Å². The Balaban J connectivity index is 1.83. The molecule has 116 valence electrons. The van der Waals surface area contributed by atoms with Crippen LogP contribution in [0.2, 0.25) is 0 Å². The van der Waals surface area contributed by atoms with Crippen molar-refractivity contribution < 1.29 is 9.84 Å². The molecule has 1 aliphatic heterocycles. The Morgan fingerprint density at radius 2 is 1.86 bits per heavy atom. The van der Waals surface area contributed by atoms with E-state index in [9.17, 15) is 5.11 Å². The van der Waals surface area contributed by atoms with Crippen molar-refractivity contribution in [1.82, 2.24) is 4.90 Å². The topological polar surface area (TPSA) is 32.7 Å². The molecule has 0 bridgehead atoms. The van der Waals surface area contributed by atoms with Gasteiger partial charge < -0.3 is 9.84 Å². The molecule has 0 aromatic heterocycles. The minimum absolute atomic E-state index is 0.169. The number of para-hydroxylation sites is 1. The number of phenolic OH excluding ortho intramolecular Hbond substituents is 1. The minimum Gasteiger partial charge on any atom is -0.507 e. The molecular weight excluding hydrogens is 274 g/mol. The third-order valence-corrected chi connectivity index (χ3v) is 4.17. The number of aromatic hydroxyl groups is 1. The summed E-state index contributed by atoms with van der Waals surface area (Å²) < 4.78 is 6.01. The van der Waals surface area contributed by atoms with Crippen LogP contribution in [0.25, 0.3) is 0 Å². The summed E-state index contributed by atoms with van der Waals surface area (Å²) in [7, 11) is 0. The van der Waals surface area contributed by atoms with E-state index < -0.39 is 0 Å². The molecule has 0 saturated heterocycles. The summed E-state index contributed by atoms with van der Waals surface area (Å²) in [6.07, 6.45) is 0.169. The van der Waals surface area contributed by atoms with Gasteiger partial charge in [0.25, 0.3) is 0 Å². The van der Waals surface area contributed by atoms with Crippen molar-refractivity contribution in [2.45, 2.75) is 40.0 Å². The fourth-order valence-corrected chi connectivity index (χ4v) is 3.19. The van der Waals surface area contributed by atoms with Crippen LogP contribution in [-0.2, 0) is 13.1 Å². The van der Waals surface area contributed by atoms with Crippen molar-refractivity contribution >= 4 is 0 Å². The van der Waals surface area contributed by atoms with Crippen LogP contribution in [0.5, 0.6) is 11.5 Å². The van der Waals surface area contributed by atoms with Crippen molar-refractivity contribution in [2.24, 2.45) is 0 Å². The number of phenols is 1. The molecule has 1 atom stereocenters. The molecule has 0 aliphatic carbocycles. The van der Waals surface area contributed by atoms with E-state index in [1.807, 2.05) is 26.0 Å². The van der Waals surface area contributed by atoms with Crippen LogP contribution in [0.15, 0.2) is 36.4 Å². The lowest BCUT2D eigenvalue weighted by atomic mass is 10.0. The van der Waals surface area contributed by atoms with E-state index in [0.29, 0.717) is 5.75 Å². The standard InChI is InChI=1S/C19H23NO2/c1-13-8-16(9-14(2)19(13)21)11-20-10-15(3)22-18-7-5-4-6-17(18)12-20/h4-9,15,21H,10-12H2,1-3H3. The van der Waals surface area contributed by atoms with Crippen LogP contribution >= 0.6 is 0 Å². The highest BCUT2D eigenvalue weighted by atomic mass is 16.5. The summed E-state index contributed by atoms with van der Waals surface area (Å²) in [6, 6.07) is 12.4. The Bertz CT molecular complexity index is 658. The first-order valence-corrected chi connectivity index (χ1v) is 7.79. The van der Waals surface area contributed by atoms with Gasteiger partial charge in [-0.2, -0.15) is 0 Å². The highest BCUT2D eigenvalue weighted by molar-refractivity contribution is 5.42. The zero-order valence-corrected chi connectivity index (χ0v) is 13.5. The van der Waals surface area contributed by atoms with Gasteiger partial charge in [-0.05, 0) is 43.5 Å². The van der Waals surface area contributed by atoms with E-state index in [1.54, 1.807) is 0 Å². The Morgan fingerprint density at radius 1 is 1.18 bits per heavy atom. The molecule has 1 N–H and O–H groups in total. The second-order valence-electron chi connectivity index (χ2n) is 6.28. The van der Waals surface area contributed by atoms with Crippen molar-refractivity contribution in [1.29, 1.82) is 0 Å². The zero-order valence-electron chi connectivity index (χ0n) is 13.5. The molecule has 1 heterocycles. The van der Waals surface area contributed by atoms with Gasteiger partial charge in [0.1, 0.15) is 17.6 Å². The third-order valence-electron chi connectivity index (χ3n) is 4.17. The quantitative estimate of drug-likeness (QED) is 0.915. The van der Waals surface area contributed by atoms with Crippen LogP contribution in [0.1, 0.15) is 29.2 Å². The van der Waals surface area contributed by atoms with E-state index in [-0.39, 0.29) is 6.10 Å². The van der Waals surface area contributed by atoms with Crippen molar-refractivity contribution in [3.63, 3.8) is 0 Å². The molecule has 3 heteroatoms. The molecule has 0 fully saturated rings. The fourth-order valence-electron chi connectivity index (χ4n) is 3.19. The zero-order chi connectivity index (χ0) is 15.7. The fraction of sp³-hybridized carbons (Fsp3) is 0.368. The average Bonchev–Trinajstić information content (AvgIpc) is 2.61. The number of rotatable bonds is 2. The van der Waals surface area contributed by atoms with E-state index >= 15 is 0 Å². The molecule has 1 unspecified atom stereocenters. The number of aryl methyl sites for hydroxylation is 2. The first kappa shape index (κ1) is 14.9. The Kier molecular flexibility index (Phi) is 4.08. The second kappa shape index (κ2) is 6.01. The number of ether oxygens (including phenoxy) is 1. The molecule has 3 nitrogen and oxygen atoms in total. The van der Waals surface area contributed by atoms with Gasteiger partial charge >= 0.3 is 0 Å². The molecule has 22 heavy (non-hydrogen) atoms. The average molecular weight is 297 g/mol. The van der Waals surface area contributed by atoms with Crippen LogP contribution < -0.4 is 4.74 Å². The summed E-state index contributed by atoms with van der Waals surface area (Å²) in [6.45, 7) is 8.67. The van der Waals surface area contributed by atoms with E-state index in [4.69, 9.17) is 4.74 Å². The van der Waals surface area contributed by atoms with Crippen molar-refractivity contribution in [3.8, 4) is 11.5 Å². The number of hydrogen-bond acceptors (Lipinski definition) is 3. The molecule has 2 aromatic carbocycles. The van der Waals surface area contributed by atoms with Gasteiger partial charge in [0.15, 0.2) is 0 Å². The van der Waals surface area contributed by atoms with E-state index in [0.717, 1.165) is 36.5 Å². The Morgan fingerprint density at radius 3 is 2.59 bits per heavy atom. The number of nitrogens with zero attached hydrogens (tertiary/aromatic N) is 1. The normalized spacial score (nSPS) is 18.4. The van der Waals surface area contributed by atoms with Crippen LogP contribution in [0.3, 0.4) is 0 Å². The van der Waals surface area contributed by atoms with Crippen LogP contribution in [0, 0.1) is 13.8 Å². The predicted octanol–water partition coefficient (Wildman–Crippen LogP) is 3.79. The highest BCUT2D eigenvalue weighted by Crippen LogP contribution is 2.27. The Labute approximate surface area is 132 Å². The van der Waals surface area contributed by atoms with Gasteiger partial charge in [-0.1, -0.05) is 30.3 Å². The number of hydrogen-bond donors (Lipinski definition) is 1. The molecule has 2 aromatic rings. The number of benzene rings is 2. The lowest BCUT2D eigenvalue weighted by Crippen LogP contribution is -2.30. The Hall–Kier alpha value is -2.00. The number of fused-ring (bicyclic) bond motifs is 1. The van der Waals surface area contributed by atoms with Gasteiger partial charge in [-0.3, -0.25) is 4.90 Å². The van der Waals surface area contributed by atoms with E-state index in [2.05, 4.69) is 36.1 Å². The minimum atomic E-state index is 0.169. The maximum absolute atomic E-state index is 9.92. The molecule has 0 spiro atoms. The third kappa shape index (κ3) is 3.09. The smallest absolute Gasteiger partial charge is 0.124 e. The van der Waals surface area contributed by atoms with Gasteiger partial charge in [0.2, 0.25) is 0 Å². The lowest BCUT2D eigenvalue weighted by molar-refractivity contribution is 0.156. The summed E-state index contributed by atoms with van der Waals surface area (Å²) in [5.74, 6) is 1.40. The monoisotopic (exact) mass is 297 g/mol. The van der Waals surface area contributed by atoms with Crippen molar-refractivity contribution in [3.05, 3.63) is 58.7 Å². The van der Waals surface area contributed by atoms with Gasteiger partial charge in [0, 0.05) is 25.2 Å². The van der Waals surface area contributed by atoms with Crippen LogP contribution in [0.4, 0.5) is 0 Å². The summed E-state index contributed by atoms with van der Waals surface area (Å²) in [5, 5.41) is 9.92. The molecule has 0 amide bonds. The van der Waals surface area contributed by atoms with E-state index in [1.165, 1.54) is 11.1 Å². The molecule has 1 aliphatic rings.